The van der Waals surface area contributed by atoms with Crippen molar-refractivity contribution in [3.05, 3.63) is 12.2 Å². The summed E-state index contributed by atoms with van der Waals surface area (Å²) in [5.74, 6) is 0.909. The third-order valence-electron chi connectivity index (χ3n) is 4.17. The summed E-state index contributed by atoms with van der Waals surface area (Å²) in [5.41, 5.74) is -0.0302. The Hall–Kier alpha value is 0.900. The SMILES string of the molecule is C[C@]12C[C@@H]3[C@@H](C=C[C@H]1C2(Cl)Cl)C3(Cl)Cl. The van der Waals surface area contributed by atoms with Gasteiger partial charge >= 0.3 is 0 Å². The maximum Gasteiger partial charge on any atom is 0.131 e. The molecule has 0 aromatic rings. The Morgan fingerprint density at radius 1 is 1.14 bits per heavy atom. The van der Waals surface area contributed by atoms with Crippen LogP contribution in [0.1, 0.15) is 13.3 Å². The monoisotopic (exact) mass is 270 g/mol. The molecule has 3 aliphatic carbocycles. The van der Waals surface area contributed by atoms with E-state index in [1.54, 1.807) is 0 Å². The minimum atomic E-state index is -0.610. The molecule has 0 bridgehead atoms. The van der Waals surface area contributed by atoms with Gasteiger partial charge in [0.25, 0.3) is 0 Å². The Labute approximate surface area is 104 Å². The molecule has 0 aromatic heterocycles. The predicted octanol–water partition coefficient (Wildman–Crippen LogP) is 4.18. The molecule has 0 aliphatic heterocycles. The maximum absolute atomic E-state index is 6.23. The Morgan fingerprint density at radius 3 is 2.43 bits per heavy atom. The highest BCUT2D eigenvalue weighted by molar-refractivity contribution is 6.53. The van der Waals surface area contributed by atoms with Crippen molar-refractivity contribution in [1.29, 1.82) is 0 Å². The Kier molecular flexibility index (Phi) is 1.74. The van der Waals surface area contributed by atoms with Crippen LogP contribution in [0.25, 0.3) is 0 Å². The second-order valence-corrected chi connectivity index (χ2v) is 7.74. The maximum atomic E-state index is 6.23. The molecule has 0 amide bonds. The molecular formula is C10H10Cl4. The standard InChI is InChI=1S/C10H10Cl4/c1-8-4-6-5(9(6,11)12)2-3-7(8)10(8,13)14/h2-3,5-7H,4H2,1H3/t5-,6-,7-,8+/m1/s1. The van der Waals surface area contributed by atoms with Crippen LogP contribution in [-0.2, 0) is 0 Å². The van der Waals surface area contributed by atoms with Crippen LogP contribution in [0, 0.1) is 23.2 Å². The molecule has 0 unspecified atom stereocenters. The van der Waals surface area contributed by atoms with Gasteiger partial charge in [-0.2, -0.15) is 0 Å². The summed E-state index contributed by atoms with van der Waals surface area (Å²) in [6.45, 7) is 2.12. The second kappa shape index (κ2) is 2.42. The highest BCUT2D eigenvalue weighted by Crippen LogP contribution is 2.78. The van der Waals surface area contributed by atoms with Crippen LogP contribution < -0.4 is 0 Å². The number of alkyl halides is 4. The lowest BCUT2D eigenvalue weighted by Gasteiger charge is -2.11. The van der Waals surface area contributed by atoms with Gasteiger partial charge in [-0.15, -0.1) is 46.4 Å². The summed E-state index contributed by atoms with van der Waals surface area (Å²) in [6, 6.07) is 0. The predicted molar refractivity (Wildman–Crippen MR) is 61.2 cm³/mol. The average molecular weight is 272 g/mol. The highest BCUT2D eigenvalue weighted by Gasteiger charge is 2.77. The first-order valence-electron chi connectivity index (χ1n) is 4.76. The Bertz CT molecular complexity index is 333. The average Bonchev–Trinajstić information content (AvgIpc) is 2.74. The quantitative estimate of drug-likeness (QED) is 0.458. The molecule has 0 radical (unpaired) electrons. The zero-order valence-electron chi connectivity index (χ0n) is 7.61. The lowest BCUT2D eigenvalue weighted by Crippen LogP contribution is -2.07. The summed E-state index contributed by atoms with van der Waals surface area (Å²) in [4.78, 5) is 0. The van der Waals surface area contributed by atoms with Gasteiger partial charge in [-0.25, -0.2) is 0 Å². The minimum Gasteiger partial charge on any atom is -0.101 e. The van der Waals surface area contributed by atoms with E-state index in [0.29, 0.717) is 11.8 Å². The van der Waals surface area contributed by atoms with Gasteiger partial charge < -0.3 is 0 Å². The fourth-order valence-electron chi connectivity index (χ4n) is 2.84. The molecule has 78 valence electrons. The van der Waals surface area contributed by atoms with Crippen LogP contribution in [-0.4, -0.2) is 8.67 Å². The van der Waals surface area contributed by atoms with Gasteiger partial charge in [0.1, 0.15) is 8.67 Å². The third-order valence-corrected chi connectivity index (χ3v) is 6.57. The molecule has 14 heavy (non-hydrogen) atoms. The lowest BCUT2D eigenvalue weighted by molar-refractivity contribution is 0.447. The van der Waals surface area contributed by atoms with Crippen molar-refractivity contribution < 1.29 is 0 Å². The van der Waals surface area contributed by atoms with Gasteiger partial charge in [-0.1, -0.05) is 19.1 Å². The fraction of sp³-hybridized carbons (Fsp3) is 0.800. The largest absolute Gasteiger partial charge is 0.131 e. The molecular weight excluding hydrogens is 262 g/mol. The van der Waals surface area contributed by atoms with E-state index in [2.05, 4.69) is 19.1 Å². The smallest absolute Gasteiger partial charge is 0.101 e. The normalized spacial score (nSPS) is 55.6. The lowest BCUT2D eigenvalue weighted by atomic mass is 9.99. The molecule has 0 N–H and O–H groups in total. The first-order chi connectivity index (χ1) is 6.32. The topological polar surface area (TPSA) is 0 Å². The van der Waals surface area contributed by atoms with E-state index in [1.807, 2.05) is 0 Å². The molecule has 2 saturated carbocycles. The molecule has 2 fully saturated rings. The van der Waals surface area contributed by atoms with Crippen molar-refractivity contribution in [3.8, 4) is 0 Å². The van der Waals surface area contributed by atoms with Crippen LogP contribution in [0.4, 0.5) is 0 Å². The number of allylic oxidation sites excluding steroid dienone is 2. The van der Waals surface area contributed by atoms with Crippen LogP contribution in [0.15, 0.2) is 12.2 Å². The Balaban J connectivity index is 1.93. The van der Waals surface area contributed by atoms with E-state index >= 15 is 0 Å². The van der Waals surface area contributed by atoms with E-state index < -0.39 is 8.67 Å². The number of rotatable bonds is 0. The fourth-order valence-corrected chi connectivity index (χ4v) is 4.50. The van der Waals surface area contributed by atoms with E-state index in [-0.39, 0.29) is 11.3 Å². The molecule has 3 aliphatic rings. The van der Waals surface area contributed by atoms with Gasteiger partial charge in [-0.05, 0) is 6.42 Å². The molecule has 3 rings (SSSR count). The van der Waals surface area contributed by atoms with E-state index in [4.69, 9.17) is 46.4 Å². The van der Waals surface area contributed by atoms with Crippen LogP contribution in [0.5, 0.6) is 0 Å². The molecule has 0 heterocycles. The number of hydrogen-bond donors (Lipinski definition) is 0. The summed E-state index contributed by atoms with van der Waals surface area (Å²) in [6.07, 6.45) is 5.11. The molecule has 0 nitrogen and oxygen atoms in total. The molecule has 4 atom stereocenters. The van der Waals surface area contributed by atoms with Crippen molar-refractivity contribution in [2.24, 2.45) is 23.2 Å². The minimum absolute atomic E-state index is 0.0302. The van der Waals surface area contributed by atoms with E-state index in [0.717, 1.165) is 6.42 Å². The van der Waals surface area contributed by atoms with Gasteiger partial charge in [-0.3, -0.25) is 0 Å². The van der Waals surface area contributed by atoms with Gasteiger partial charge in [0.2, 0.25) is 0 Å². The number of fused-ring (bicyclic) bond motifs is 2. The summed E-state index contributed by atoms with van der Waals surface area (Å²) < 4.78 is -1.18. The second-order valence-electron chi connectivity index (χ2n) is 4.91. The molecule has 0 spiro atoms. The van der Waals surface area contributed by atoms with Crippen LogP contribution >= 0.6 is 46.4 Å². The van der Waals surface area contributed by atoms with Crippen molar-refractivity contribution in [2.45, 2.75) is 22.0 Å². The number of halogens is 4. The van der Waals surface area contributed by atoms with Crippen molar-refractivity contribution in [1.82, 2.24) is 0 Å². The molecule has 0 aromatic carbocycles. The van der Waals surface area contributed by atoms with Crippen molar-refractivity contribution in [3.63, 3.8) is 0 Å². The molecule has 0 saturated heterocycles. The van der Waals surface area contributed by atoms with Crippen LogP contribution in [0.3, 0.4) is 0 Å². The first kappa shape index (κ1) is 10.1. The highest BCUT2D eigenvalue weighted by atomic mass is 35.5. The number of hydrogen-bond acceptors (Lipinski definition) is 0. The summed E-state index contributed by atoms with van der Waals surface area (Å²) >= 11 is 24.8. The van der Waals surface area contributed by atoms with Crippen molar-refractivity contribution in [2.75, 3.05) is 0 Å². The van der Waals surface area contributed by atoms with E-state index in [1.165, 1.54) is 0 Å². The first-order valence-corrected chi connectivity index (χ1v) is 6.27. The van der Waals surface area contributed by atoms with Crippen molar-refractivity contribution >= 4 is 46.4 Å². The summed E-state index contributed by atoms with van der Waals surface area (Å²) in [5, 5.41) is 0. The van der Waals surface area contributed by atoms with Crippen LogP contribution in [0.2, 0.25) is 0 Å². The van der Waals surface area contributed by atoms with Gasteiger partial charge in [0, 0.05) is 23.2 Å². The third kappa shape index (κ3) is 0.948. The zero-order valence-corrected chi connectivity index (χ0v) is 10.6. The van der Waals surface area contributed by atoms with Gasteiger partial charge in [0.15, 0.2) is 0 Å². The summed E-state index contributed by atoms with van der Waals surface area (Å²) in [7, 11) is 0. The molecule has 4 heteroatoms. The Morgan fingerprint density at radius 2 is 1.79 bits per heavy atom. The van der Waals surface area contributed by atoms with E-state index in [9.17, 15) is 0 Å². The zero-order chi connectivity index (χ0) is 10.4. The van der Waals surface area contributed by atoms with Gasteiger partial charge in [0.05, 0.1) is 0 Å².